The van der Waals surface area contributed by atoms with Gasteiger partial charge in [0.25, 0.3) is 0 Å². The molecule has 0 fully saturated rings. The molecule has 2 aromatic rings. The van der Waals surface area contributed by atoms with Crippen LogP contribution in [0.5, 0.6) is 0 Å². The Bertz CT molecular complexity index is 567. The summed E-state index contributed by atoms with van der Waals surface area (Å²) < 4.78 is 2.03. The van der Waals surface area contributed by atoms with Crippen LogP contribution in [0.1, 0.15) is 19.4 Å². The largest absolute Gasteiger partial charge is 0.481 e. The van der Waals surface area contributed by atoms with Crippen LogP contribution >= 0.6 is 0 Å². The number of aromatic nitrogens is 1. The maximum Gasteiger partial charge on any atom is 0.310 e. The third-order valence-electron chi connectivity index (χ3n) is 3.13. The minimum absolute atomic E-state index is 0.483. The van der Waals surface area contributed by atoms with Crippen LogP contribution < -0.4 is 0 Å². The molecule has 1 aromatic carbocycles. The molecular formula is C14H17NO2. The Hall–Kier alpha value is -1.77. The molecule has 0 aliphatic rings. The van der Waals surface area contributed by atoms with Crippen LogP contribution in [0.3, 0.4) is 0 Å². The van der Waals surface area contributed by atoms with E-state index in [1.54, 1.807) is 13.8 Å². The lowest BCUT2D eigenvalue weighted by Crippen LogP contribution is -2.28. The zero-order valence-electron chi connectivity index (χ0n) is 10.4. The maximum absolute atomic E-state index is 11.2. The predicted octanol–water partition coefficient (Wildman–Crippen LogP) is 3.06. The average molecular weight is 231 g/mol. The fraction of sp³-hybridized carbons (Fsp3) is 0.357. The van der Waals surface area contributed by atoms with Gasteiger partial charge in [-0.25, -0.2) is 0 Å². The summed E-state index contributed by atoms with van der Waals surface area (Å²) in [5.41, 5.74) is 1.52. The summed E-state index contributed by atoms with van der Waals surface area (Å²) in [5, 5.41) is 10.4. The molecule has 0 bridgehead atoms. The van der Waals surface area contributed by atoms with E-state index in [2.05, 4.69) is 6.07 Å². The smallest absolute Gasteiger partial charge is 0.310 e. The van der Waals surface area contributed by atoms with E-state index in [9.17, 15) is 4.79 Å². The number of rotatable bonds is 3. The topological polar surface area (TPSA) is 42.2 Å². The number of fused-ring (bicyclic) bond motifs is 1. The van der Waals surface area contributed by atoms with Crippen molar-refractivity contribution in [2.75, 3.05) is 0 Å². The molecule has 0 spiro atoms. The summed E-state index contributed by atoms with van der Waals surface area (Å²) >= 11 is 0. The van der Waals surface area contributed by atoms with Crippen molar-refractivity contribution in [3.05, 3.63) is 36.0 Å². The van der Waals surface area contributed by atoms with Gasteiger partial charge in [-0.15, -0.1) is 0 Å². The first-order valence-electron chi connectivity index (χ1n) is 5.70. The summed E-state index contributed by atoms with van der Waals surface area (Å²) in [4.78, 5) is 11.2. The maximum atomic E-state index is 11.2. The molecule has 17 heavy (non-hydrogen) atoms. The third-order valence-corrected chi connectivity index (χ3v) is 3.13. The van der Waals surface area contributed by atoms with Gasteiger partial charge in [-0.2, -0.15) is 0 Å². The second-order valence-electron chi connectivity index (χ2n) is 5.15. The molecule has 0 amide bonds. The Morgan fingerprint density at radius 3 is 2.65 bits per heavy atom. The minimum atomic E-state index is -0.770. The Morgan fingerprint density at radius 1 is 1.35 bits per heavy atom. The Balaban J connectivity index is 2.47. The highest BCUT2D eigenvalue weighted by Crippen LogP contribution is 2.25. The van der Waals surface area contributed by atoms with Gasteiger partial charge in [0.1, 0.15) is 0 Å². The molecule has 1 heterocycles. The highest BCUT2D eigenvalue weighted by atomic mass is 16.4. The van der Waals surface area contributed by atoms with Gasteiger partial charge in [-0.1, -0.05) is 18.2 Å². The summed E-state index contributed by atoms with van der Waals surface area (Å²) in [7, 11) is 0. The van der Waals surface area contributed by atoms with Gasteiger partial charge < -0.3 is 9.67 Å². The van der Waals surface area contributed by atoms with E-state index in [1.807, 2.05) is 35.9 Å². The molecule has 1 N–H and O–H groups in total. The van der Waals surface area contributed by atoms with Gasteiger partial charge in [0.2, 0.25) is 0 Å². The normalized spacial score (nSPS) is 11.9. The molecular weight excluding hydrogens is 214 g/mol. The number of benzene rings is 1. The predicted molar refractivity (Wildman–Crippen MR) is 68.1 cm³/mol. The standard InChI is InChI=1S/C14H17NO2/c1-10-8-15(9-14(2,3)13(16)17)12-7-5-4-6-11(10)12/h4-8H,9H2,1-3H3,(H,16,17). The van der Waals surface area contributed by atoms with Crippen LogP contribution in [-0.4, -0.2) is 15.6 Å². The second kappa shape index (κ2) is 3.91. The van der Waals surface area contributed by atoms with E-state index in [4.69, 9.17) is 5.11 Å². The van der Waals surface area contributed by atoms with Crippen LogP contribution in [0.15, 0.2) is 30.5 Å². The summed E-state index contributed by atoms with van der Waals surface area (Å²) in [6.07, 6.45) is 2.02. The summed E-state index contributed by atoms with van der Waals surface area (Å²) in [5.74, 6) is -0.770. The van der Waals surface area contributed by atoms with E-state index in [1.165, 1.54) is 10.9 Å². The van der Waals surface area contributed by atoms with Crippen molar-refractivity contribution in [1.29, 1.82) is 0 Å². The summed E-state index contributed by atoms with van der Waals surface area (Å²) in [6.45, 7) is 6.03. The van der Waals surface area contributed by atoms with Crippen LogP contribution in [0.25, 0.3) is 10.9 Å². The van der Waals surface area contributed by atoms with Crippen molar-refractivity contribution in [2.45, 2.75) is 27.3 Å². The fourth-order valence-corrected chi connectivity index (χ4v) is 2.05. The monoisotopic (exact) mass is 231 g/mol. The molecule has 3 heteroatoms. The Labute approximate surface area is 101 Å². The number of aliphatic carboxylic acids is 1. The number of nitrogens with zero attached hydrogens (tertiary/aromatic N) is 1. The number of carbonyl (C=O) groups is 1. The van der Waals surface area contributed by atoms with Crippen molar-refractivity contribution in [3.8, 4) is 0 Å². The van der Waals surface area contributed by atoms with E-state index in [-0.39, 0.29) is 0 Å². The molecule has 0 saturated carbocycles. The molecule has 0 aliphatic heterocycles. The van der Waals surface area contributed by atoms with Crippen molar-refractivity contribution in [1.82, 2.24) is 4.57 Å². The van der Waals surface area contributed by atoms with Gasteiger partial charge in [0.15, 0.2) is 0 Å². The highest BCUT2D eigenvalue weighted by Gasteiger charge is 2.28. The number of carboxylic acid groups (broad SMARTS) is 1. The first-order valence-corrected chi connectivity index (χ1v) is 5.70. The molecule has 0 aliphatic carbocycles. The van der Waals surface area contributed by atoms with Gasteiger partial charge in [-0.3, -0.25) is 4.79 Å². The molecule has 0 unspecified atom stereocenters. The molecule has 0 atom stereocenters. The number of aryl methyl sites for hydroxylation is 1. The van der Waals surface area contributed by atoms with E-state index in [0.717, 1.165) is 5.52 Å². The van der Waals surface area contributed by atoms with Crippen LogP contribution in [0.2, 0.25) is 0 Å². The van der Waals surface area contributed by atoms with Crippen molar-refractivity contribution in [3.63, 3.8) is 0 Å². The average Bonchev–Trinajstić information content (AvgIpc) is 2.56. The quantitative estimate of drug-likeness (QED) is 0.882. The van der Waals surface area contributed by atoms with Gasteiger partial charge in [-0.05, 0) is 32.4 Å². The first kappa shape index (κ1) is 11.7. The number of hydrogen-bond donors (Lipinski definition) is 1. The van der Waals surface area contributed by atoms with E-state index in [0.29, 0.717) is 6.54 Å². The fourth-order valence-electron chi connectivity index (χ4n) is 2.05. The molecule has 3 nitrogen and oxygen atoms in total. The zero-order valence-corrected chi connectivity index (χ0v) is 10.4. The molecule has 1 aromatic heterocycles. The lowest BCUT2D eigenvalue weighted by Gasteiger charge is -2.20. The highest BCUT2D eigenvalue weighted by molar-refractivity contribution is 5.84. The van der Waals surface area contributed by atoms with Gasteiger partial charge in [0.05, 0.1) is 5.41 Å². The Kier molecular flexibility index (Phi) is 2.69. The molecule has 2 rings (SSSR count). The van der Waals surface area contributed by atoms with E-state index < -0.39 is 11.4 Å². The summed E-state index contributed by atoms with van der Waals surface area (Å²) in [6, 6.07) is 8.07. The van der Waals surface area contributed by atoms with Crippen molar-refractivity contribution < 1.29 is 9.90 Å². The third kappa shape index (κ3) is 2.05. The molecule has 0 saturated heterocycles. The van der Waals surface area contributed by atoms with Crippen molar-refractivity contribution >= 4 is 16.9 Å². The SMILES string of the molecule is Cc1cn(CC(C)(C)C(=O)O)c2ccccc12. The first-order chi connectivity index (χ1) is 7.92. The van der Waals surface area contributed by atoms with Crippen LogP contribution in [-0.2, 0) is 11.3 Å². The van der Waals surface area contributed by atoms with Crippen LogP contribution in [0.4, 0.5) is 0 Å². The van der Waals surface area contributed by atoms with Gasteiger partial charge >= 0.3 is 5.97 Å². The van der Waals surface area contributed by atoms with Crippen molar-refractivity contribution in [2.24, 2.45) is 5.41 Å². The lowest BCUT2D eigenvalue weighted by atomic mass is 9.94. The number of hydrogen-bond acceptors (Lipinski definition) is 1. The lowest BCUT2D eigenvalue weighted by molar-refractivity contribution is -0.147. The minimum Gasteiger partial charge on any atom is -0.481 e. The number of carboxylic acids is 1. The zero-order chi connectivity index (χ0) is 12.6. The Morgan fingerprint density at radius 2 is 2.00 bits per heavy atom. The second-order valence-corrected chi connectivity index (χ2v) is 5.15. The number of para-hydroxylation sites is 1. The van der Waals surface area contributed by atoms with Gasteiger partial charge in [0, 0.05) is 23.6 Å². The molecule has 0 radical (unpaired) electrons. The van der Waals surface area contributed by atoms with E-state index >= 15 is 0 Å². The molecule has 90 valence electrons. The van der Waals surface area contributed by atoms with Crippen LogP contribution in [0, 0.1) is 12.3 Å².